The number of methoxy groups -OCH3 is 1. The third-order valence-corrected chi connectivity index (χ3v) is 3.41. The molecule has 1 heterocycles. The first-order chi connectivity index (χ1) is 10.3. The molecule has 0 radical (unpaired) electrons. The quantitative estimate of drug-likeness (QED) is 0.537. The van der Waals surface area contributed by atoms with Crippen LogP contribution in [0.15, 0.2) is 0 Å². The molecule has 0 aromatic carbocycles. The van der Waals surface area contributed by atoms with Gasteiger partial charge in [-0.05, 0) is 25.7 Å². The highest BCUT2D eigenvalue weighted by Gasteiger charge is 2.15. The molecule has 1 amide bonds. The van der Waals surface area contributed by atoms with Crippen molar-refractivity contribution in [3.05, 3.63) is 0 Å². The molecule has 1 rings (SSSR count). The van der Waals surface area contributed by atoms with Crippen LogP contribution in [-0.2, 0) is 19.0 Å². The number of carbonyl (C=O) groups is 1. The van der Waals surface area contributed by atoms with E-state index in [-0.39, 0.29) is 12.5 Å². The predicted octanol–water partition coefficient (Wildman–Crippen LogP) is 0.658. The maximum absolute atomic E-state index is 11.8. The Bertz CT molecular complexity index is 258. The second-order valence-electron chi connectivity index (χ2n) is 5.20. The van der Waals surface area contributed by atoms with Gasteiger partial charge in [-0.15, -0.1) is 0 Å². The Morgan fingerprint density at radius 1 is 0.952 bits per heavy atom. The van der Waals surface area contributed by atoms with Gasteiger partial charge in [-0.2, -0.15) is 0 Å². The lowest BCUT2D eigenvalue weighted by molar-refractivity contribution is -0.136. The lowest BCUT2D eigenvalue weighted by Gasteiger charge is -2.27. The van der Waals surface area contributed by atoms with E-state index in [9.17, 15) is 4.79 Å². The first-order valence-electron chi connectivity index (χ1n) is 7.97. The fourth-order valence-electron chi connectivity index (χ4n) is 2.16. The van der Waals surface area contributed by atoms with Crippen LogP contribution in [0.2, 0.25) is 0 Å². The molecule has 0 unspecified atom stereocenters. The molecule has 124 valence electrons. The molecule has 21 heavy (non-hydrogen) atoms. The summed E-state index contributed by atoms with van der Waals surface area (Å²) in [6.07, 6.45) is 4.15. The number of hydrogen-bond donors (Lipinski definition) is 1. The molecule has 1 aliphatic heterocycles. The van der Waals surface area contributed by atoms with Gasteiger partial charge >= 0.3 is 0 Å². The Labute approximate surface area is 128 Å². The predicted molar refractivity (Wildman–Crippen MR) is 81.4 cm³/mol. The fourth-order valence-corrected chi connectivity index (χ4v) is 2.16. The minimum atomic E-state index is 0.0931. The van der Waals surface area contributed by atoms with E-state index in [1.54, 1.807) is 7.11 Å². The molecule has 0 spiro atoms. The number of rotatable bonds is 12. The average Bonchev–Trinajstić information content (AvgIpc) is 2.53. The minimum absolute atomic E-state index is 0.0931. The third kappa shape index (κ3) is 9.79. The minimum Gasteiger partial charge on any atom is -0.385 e. The van der Waals surface area contributed by atoms with Gasteiger partial charge in [0, 0.05) is 59.7 Å². The van der Waals surface area contributed by atoms with E-state index < -0.39 is 0 Å². The number of ether oxygens (including phenoxy) is 3. The maximum atomic E-state index is 11.8. The molecule has 6 nitrogen and oxygen atoms in total. The monoisotopic (exact) mass is 302 g/mol. The van der Waals surface area contributed by atoms with Crippen molar-refractivity contribution in [3.63, 3.8) is 0 Å². The zero-order valence-electron chi connectivity index (χ0n) is 13.3. The second kappa shape index (κ2) is 13.0. The van der Waals surface area contributed by atoms with Gasteiger partial charge < -0.3 is 24.4 Å². The van der Waals surface area contributed by atoms with E-state index >= 15 is 0 Å². The van der Waals surface area contributed by atoms with Gasteiger partial charge in [-0.25, -0.2) is 0 Å². The largest absolute Gasteiger partial charge is 0.385 e. The normalized spacial score (nSPS) is 15.4. The molecule has 1 aliphatic rings. The molecule has 0 bridgehead atoms. The van der Waals surface area contributed by atoms with Crippen molar-refractivity contribution in [2.24, 2.45) is 0 Å². The Hall–Kier alpha value is -0.690. The highest BCUT2D eigenvalue weighted by atomic mass is 16.5. The van der Waals surface area contributed by atoms with E-state index in [2.05, 4.69) is 5.32 Å². The zero-order valence-corrected chi connectivity index (χ0v) is 13.3. The van der Waals surface area contributed by atoms with Crippen LogP contribution in [0.25, 0.3) is 0 Å². The van der Waals surface area contributed by atoms with Crippen LogP contribution in [0.4, 0.5) is 0 Å². The summed E-state index contributed by atoms with van der Waals surface area (Å²) in [7, 11) is 1.73. The van der Waals surface area contributed by atoms with Crippen molar-refractivity contribution in [2.45, 2.75) is 25.7 Å². The topological polar surface area (TPSA) is 60.0 Å². The molecule has 0 atom stereocenters. The number of hydrogen-bond acceptors (Lipinski definition) is 5. The van der Waals surface area contributed by atoms with Crippen LogP contribution in [0, 0.1) is 0 Å². The number of unbranched alkanes of at least 4 members (excludes halogenated alkanes) is 2. The lowest BCUT2D eigenvalue weighted by atomic mass is 10.2. The summed E-state index contributed by atoms with van der Waals surface area (Å²) < 4.78 is 15.9. The summed E-state index contributed by atoms with van der Waals surface area (Å²) in [5.41, 5.74) is 0. The average molecular weight is 302 g/mol. The third-order valence-electron chi connectivity index (χ3n) is 3.41. The maximum Gasteiger partial charge on any atom is 0.248 e. The summed E-state index contributed by atoms with van der Waals surface area (Å²) in [6.45, 7) is 6.43. The van der Waals surface area contributed by atoms with Crippen molar-refractivity contribution < 1.29 is 19.0 Å². The van der Waals surface area contributed by atoms with Crippen LogP contribution in [0.1, 0.15) is 25.7 Å². The number of amides is 1. The second-order valence-corrected chi connectivity index (χ2v) is 5.20. The molecule has 0 saturated carbocycles. The standard InChI is InChI=1S/C15H30N2O4/c1-19-10-3-2-4-11-20-12-5-13-21-14-15(18)17-8-6-16-7-9-17/h16H,2-14H2,1H3. The van der Waals surface area contributed by atoms with Crippen LogP contribution in [0.3, 0.4) is 0 Å². The van der Waals surface area contributed by atoms with Crippen LogP contribution in [0.5, 0.6) is 0 Å². The Morgan fingerprint density at radius 2 is 1.62 bits per heavy atom. The van der Waals surface area contributed by atoms with Gasteiger partial charge in [-0.3, -0.25) is 4.79 Å². The van der Waals surface area contributed by atoms with Crippen LogP contribution in [-0.4, -0.2) is 77.1 Å². The highest BCUT2D eigenvalue weighted by molar-refractivity contribution is 5.77. The number of nitrogens with one attached hydrogen (secondary N) is 1. The summed E-state index contributed by atoms with van der Waals surface area (Å²) in [5, 5.41) is 3.22. The molecule has 6 heteroatoms. The fraction of sp³-hybridized carbons (Fsp3) is 0.933. The number of nitrogens with zero attached hydrogens (tertiary/aromatic N) is 1. The van der Waals surface area contributed by atoms with E-state index in [1.165, 1.54) is 0 Å². The van der Waals surface area contributed by atoms with Gasteiger partial charge in [0.15, 0.2) is 0 Å². The van der Waals surface area contributed by atoms with Gasteiger partial charge in [0.05, 0.1) is 0 Å². The summed E-state index contributed by atoms with van der Waals surface area (Å²) >= 11 is 0. The summed E-state index contributed by atoms with van der Waals surface area (Å²) in [5.74, 6) is 0.0931. The van der Waals surface area contributed by atoms with Gasteiger partial charge in [0.25, 0.3) is 0 Å². The number of piperazine rings is 1. The molecule has 1 N–H and O–H groups in total. The Kier molecular flexibility index (Phi) is 11.4. The molecule has 0 aromatic heterocycles. The highest BCUT2D eigenvalue weighted by Crippen LogP contribution is 1.97. The Morgan fingerprint density at radius 3 is 2.38 bits per heavy atom. The molecule has 1 fully saturated rings. The molecule has 0 aliphatic carbocycles. The first-order valence-corrected chi connectivity index (χ1v) is 7.97. The summed E-state index contributed by atoms with van der Waals surface area (Å²) in [6, 6.07) is 0. The van der Waals surface area contributed by atoms with Crippen LogP contribution < -0.4 is 5.32 Å². The molecule has 0 aromatic rings. The SMILES string of the molecule is COCCCCCOCCCOCC(=O)N1CCNCC1. The van der Waals surface area contributed by atoms with E-state index in [0.717, 1.165) is 65.1 Å². The number of carbonyl (C=O) groups excluding carboxylic acids is 1. The molecular formula is C15H30N2O4. The Balaban J connectivity index is 1.80. The first kappa shape index (κ1) is 18.4. The van der Waals surface area contributed by atoms with Crippen molar-refractivity contribution >= 4 is 5.91 Å². The van der Waals surface area contributed by atoms with Crippen molar-refractivity contribution in [3.8, 4) is 0 Å². The summed E-state index contributed by atoms with van der Waals surface area (Å²) in [4.78, 5) is 13.6. The van der Waals surface area contributed by atoms with E-state index in [1.807, 2.05) is 4.90 Å². The zero-order chi connectivity index (χ0) is 15.2. The lowest BCUT2D eigenvalue weighted by Crippen LogP contribution is -2.47. The van der Waals surface area contributed by atoms with Gasteiger partial charge in [0.1, 0.15) is 6.61 Å². The van der Waals surface area contributed by atoms with E-state index in [4.69, 9.17) is 14.2 Å². The van der Waals surface area contributed by atoms with Crippen LogP contribution >= 0.6 is 0 Å². The van der Waals surface area contributed by atoms with Gasteiger partial charge in [-0.1, -0.05) is 0 Å². The van der Waals surface area contributed by atoms with Crippen molar-refractivity contribution in [2.75, 3.05) is 66.3 Å². The van der Waals surface area contributed by atoms with Gasteiger partial charge in [0.2, 0.25) is 5.91 Å². The molecule has 1 saturated heterocycles. The van der Waals surface area contributed by atoms with E-state index in [0.29, 0.717) is 13.2 Å². The molecular weight excluding hydrogens is 272 g/mol. The smallest absolute Gasteiger partial charge is 0.248 e. The van der Waals surface area contributed by atoms with Crippen molar-refractivity contribution in [1.29, 1.82) is 0 Å². The van der Waals surface area contributed by atoms with Crippen molar-refractivity contribution in [1.82, 2.24) is 10.2 Å².